The normalized spacial score (nSPS) is 14.4. The van der Waals surface area contributed by atoms with Crippen molar-refractivity contribution in [2.24, 2.45) is 5.10 Å². The molecule has 0 atom stereocenters. The molecular weight excluding hydrogens is 382 g/mol. The number of benzene rings is 2. The fourth-order valence-electron chi connectivity index (χ4n) is 3.61. The third-order valence-corrected chi connectivity index (χ3v) is 5.12. The fourth-order valence-corrected chi connectivity index (χ4v) is 3.61. The molecule has 154 valence electrons. The van der Waals surface area contributed by atoms with Crippen LogP contribution in [0.3, 0.4) is 0 Å². The van der Waals surface area contributed by atoms with Crippen molar-refractivity contribution in [3.8, 4) is 0 Å². The molecule has 30 heavy (non-hydrogen) atoms. The van der Waals surface area contributed by atoms with E-state index in [1.165, 1.54) is 16.4 Å². The third-order valence-electron chi connectivity index (χ3n) is 5.12. The van der Waals surface area contributed by atoms with Crippen molar-refractivity contribution in [2.75, 3.05) is 41.7 Å². The quantitative estimate of drug-likeness (QED) is 0.397. The highest BCUT2D eigenvalue weighted by Gasteiger charge is 2.20. The minimum absolute atomic E-state index is 0.0258. The summed E-state index contributed by atoms with van der Waals surface area (Å²) in [5.74, 6) is 0.271. The maximum atomic E-state index is 11.3. The van der Waals surface area contributed by atoms with E-state index in [2.05, 4.69) is 32.0 Å². The number of nitrogen functional groups attached to an aromatic ring is 1. The van der Waals surface area contributed by atoms with Crippen molar-refractivity contribution in [1.82, 2.24) is 9.66 Å². The standard InChI is InChI=1S/C21H23N7O2/c1-16-15-27(21(22)24-16)23-14-17-13-19(28(29)30)7-8-20(17)26-11-9-25(10-12-26)18-5-3-2-4-6-18/h2-8,13-15H,9-12H2,1H3,(H2,22,24). The van der Waals surface area contributed by atoms with E-state index in [-0.39, 0.29) is 11.6 Å². The third kappa shape index (κ3) is 4.09. The van der Waals surface area contributed by atoms with Gasteiger partial charge in [0.2, 0.25) is 5.95 Å². The Hall–Kier alpha value is -3.88. The van der Waals surface area contributed by atoms with Gasteiger partial charge in [0, 0.05) is 55.2 Å². The molecular formula is C21H23N7O2. The predicted molar refractivity (Wildman–Crippen MR) is 118 cm³/mol. The number of para-hydroxylation sites is 1. The second-order valence-corrected chi connectivity index (χ2v) is 7.14. The van der Waals surface area contributed by atoms with Crippen molar-refractivity contribution in [3.63, 3.8) is 0 Å². The molecule has 9 heteroatoms. The van der Waals surface area contributed by atoms with Crippen molar-refractivity contribution in [1.29, 1.82) is 0 Å². The van der Waals surface area contributed by atoms with E-state index in [4.69, 9.17) is 5.73 Å². The number of non-ortho nitro benzene ring substituents is 1. The molecule has 0 saturated carbocycles. The molecule has 0 radical (unpaired) electrons. The number of aryl methyl sites for hydroxylation is 1. The molecule has 1 saturated heterocycles. The summed E-state index contributed by atoms with van der Waals surface area (Å²) in [7, 11) is 0. The van der Waals surface area contributed by atoms with Gasteiger partial charge in [0.25, 0.3) is 5.69 Å². The number of hydrogen-bond acceptors (Lipinski definition) is 7. The van der Waals surface area contributed by atoms with Crippen molar-refractivity contribution in [3.05, 3.63) is 76.1 Å². The molecule has 2 aromatic carbocycles. The van der Waals surface area contributed by atoms with E-state index in [0.717, 1.165) is 37.6 Å². The summed E-state index contributed by atoms with van der Waals surface area (Å²) >= 11 is 0. The van der Waals surface area contributed by atoms with Crippen LogP contribution in [0.1, 0.15) is 11.3 Å². The predicted octanol–water partition coefficient (Wildman–Crippen LogP) is 2.89. The lowest BCUT2D eigenvalue weighted by Crippen LogP contribution is -2.46. The highest BCUT2D eigenvalue weighted by molar-refractivity contribution is 5.89. The lowest BCUT2D eigenvalue weighted by Gasteiger charge is -2.37. The molecule has 4 rings (SSSR count). The lowest BCUT2D eigenvalue weighted by atomic mass is 10.1. The number of hydrogen-bond donors (Lipinski definition) is 1. The van der Waals surface area contributed by atoms with Gasteiger partial charge in [0.05, 0.1) is 23.0 Å². The SMILES string of the molecule is Cc1cn(N=Cc2cc([N+](=O)[O-])ccc2N2CCN(c3ccccc3)CC2)c(N)n1. The number of nitro groups is 1. The molecule has 0 aliphatic carbocycles. The minimum atomic E-state index is -0.399. The number of nitrogens with two attached hydrogens (primary N) is 1. The molecule has 1 aliphatic heterocycles. The fraction of sp³-hybridized carbons (Fsp3) is 0.238. The molecule has 0 spiro atoms. The van der Waals surface area contributed by atoms with Gasteiger partial charge in [-0.15, -0.1) is 0 Å². The Balaban J connectivity index is 1.58. The first-order valence-corrected chi connectivity index (χ1v) is 9.70. The van der Waals surface area contributed by atoms with E-state index in [1.54, 1.807) is 24.5 Å². The van der Waals surface area contributed by atoms with Crippen LogP contribution in [-0.2, 0) is 0 Å². The Morgan fingerprint density at radius 1 is 1.10 bits per heavy atom. The highest BCUT2D eigenvalue weighted by Crippen LogP contribution is 2.26. The summed E-state index contributed by atoms with van der Waals surface area (Å²) in [6, 6.07) is 15.2. The Morgan fingerprint density at radius 2 is 1.80 bits per heavy atom. The molecule has 0 unspecified atom stereocenters. The number of nitro benzene ring substituents is 1. The van der Waals surface area contributed by atoms with Crippen LogP contribution in [0, 0.1) is 17.0 Å². The molecule has 1 aromatic heterocycles. The molecule has 2 heterocycles. The van der Waals surface area contributed by atoms with Gasteiger partial charge >= 0.3 is 0 Å². The largest absolute Gasteiger partial charge is 0.368 e. The van der Waals surface area contributed by atoms with Gasteiger partial charge in [-0.05, 0) is 25.1 Å². The number of piperazine rings is 1. The van der Waals surface area contributed by atoms with Gasteiger partial charge in [-0.2, -0.15) is 5.10 Å². The Labute approximate surface area is 174 Å². The zero-order valence-electron chi connectivity index (χ0n) is 16.7. The zero-order valence-corrected chi connectivity index (χ0v) is 16.7. The summed E-state index contributed by atoms with van der Waals surface area (Å²) < 4.78 is 1.46. The van der Waals surface area contributed by atoms with E-state index in [1.807, 2.05) is 25.1 Å². The number of imidazole rings is 1. The van der Waals surface area contributed by atoms with Crippen LogP contribution in [0.15, 0.2) is 59.8 Å². The van der Waals surface area contributed by atoms with Crippen LogP contribution >= 0.6 is 0 Å². The molecule has 1 aliphatic rings. The second-order valence-electron chi connectivity index (χ2n) is 7.14. The van der Waals surface area contributed by atoms with Crippen LogP contribution in [0.4, 0.5) is 23.0 Å². The summed E-state index contributed by atoms with van der Waals surface area (Å²) in [5.41, 5.74) is 9.41. The molecule has 9 nitrogen and oxygen atoms in total. The molecule has 0 amide bonds. The maximum absolute atomic E-state index is 11.3. The number of nitrogens with zero attached hydrogens (tertiary/aromatic N) is 6. The number of anilines is 3. The lowest BCUT2D eigenvalue weighted by molar-refractivity contribution is -0.384. The van der Waals surface area contributed by atoms with Gasteiger partial charge in [0.1, 0.15) is 0 Å². The second kappa shape index (κ2) is 8.24. The molecule has 1 fully saturated rings. The van der Waals surface area contributed by atoms with Crippen LogP contribution in [0.25, 0.3) is 0 Å². The van der Waals surface area contributed by atoms with Crippen LogP contribution in [-0.4, -0.2) is 47.0 Å². The van der Waals surface area contributed by atoms with Gasteiger partial charge < -0.3 is 15.5 Å². The minimum Gasteiger partial charge on any atom is -0.368 e. The van der Waals surface area contributed by atoms with E-state index >= 15 is 0 Å². The van der Waals surface area contributed by atoms with Crippen LogP contribution in [0.2, 0.25) is 0 Å². The van der Waals surface area contributed by atoms with E-state index < -0.39 is 4.92 Å². The van der Waals surface area contributed by atoms with Crippen LogP contribution < -0.4 is 15.5 Å². The average Bonchev–Trinajstić information content (AvgIpc) is 3.09. The van der Waals surface area contributed by atoms with E-state index in [0.29, 0.717) is 5.56 Å². The first-order valence-electron chi connectivity index (χ1n) is 9.70. The maximum Gasteiger partial charge on any atom is 0.270 e. The Bertz CT molecular complexity index is 1070. The smallest absolute Gasteiger partial charge is 0.270 e. The summed E-state index contributed by atoms with van der Waals surface area (Å²) in [6.07, 6.45) is 3.31. The first kappa shape index (κ1) is 19.4. The Morgan fingerprint density at radius 3 is 2.43 bits per heavy atom. The molecule has 0 bridgehead atoms. The van der Waals surface area contributed by atoms with Crippen molar-refractivity contribution < 1.29 is 4.92 Å². The van der Waals surface area contributed by atoms with Crippen molar-refractivity contribution in [2.45, 2.75) is 6.92 Å². The van der Waals surface area contributed by atoms with E-state index in [9.17, 15) is 10.1 Å². The monoisotopic (exact) mass is 405 g/mol. The summed E-state index contributed by atoms with van der Waals surface area (Å²) in [6.45, 7) is 5.17. The van der Waals surface area contributed by atoms with Gasteiger partial charge in [-0.3, -0.25) is 10.1 Å². The highest BCUT2D eigenvalue weighted by atomic mass is 16.6. The van der Waals surface area contributed by atoms with Crippen molar-refractivity contribution >= 4 is 29.2 Å². The number of aromatic nitrogens is 2. The van der Waals surface area contributed by atoms with Gasteiger partial charge in [-0.25, -0.2) is 9.66 Å². The number of rotatable bonds is 5. The first-order chi connectivity index (χ1) is 14.5. The van der Waals surface area contributed by atoms with Gasteiger partial charge in [0.15, 0.2) is 0 Å². The summed E-state index contributed by atoms with van der Waals surface area (Å²) in [4.78, 5) is 19.6. The molecule has 3 aromatic rings. The average molecular weight is 405 g/mol. The Kier molecular flexibility index (Phi) is 5.34. The van der Waals surface area contributed by atoms with Crippen LogP contribution in [0.5, 0.6) is 0 Å². The zero-order chi connectivity index (χ0) is 21.1. The van der Waals surface area contributed by atoms with Gasteiger partial charge in [-0.1, -0.05) is 18.2 Å². The topological polar surface area (TPSA) is 106 Å². The summed E-state index contributed by atoms with van der Waals surface area (Å²) in [5, 5.41) is 15.6. The molecule has 2 N–H and O–H groups in total.